The van der Waals surface area contributed by atoms with Crippen LogP contribution in [0.25, 0.3) is 0 Å². The summed E-state index contributed by atoms with van der Waals surface area (Å²) in [6, 6.07) is 4.77. The summed E-state index contributed by atoms with van der Waals surface area (Å²) in [4.78, 5) is 2.21. The van der Waals surface area contributed by atoms with Crippen LogP contribution in [0.1, 0.15) is 37.8 Å². The zero-order valence-electron chi connectivity index (χ0n) is 10.6. The molecule has 0 saturated heterocycles. The van der Waals surface area contributed by atoms with Gasteiger partial charge in [0.1, 0.15) is 5.82 Å². The van der Waals surface area contributed by atoms with Crippen LogP contribution in [0.5, 0.6) is 0 Å². The summed E-state index contributed by atoms with van der Waals surface area (Å²) in [5.74, 6) is 0.587. The Morgan fingerprint density at radius 3 is 2.71 bits per heavy atom. The summed E-state index contributed by atoms with van der Waals surface area (Å²) in [6.07, 6.45) is 3.99. The van der Waals surface area contributed by atoms with Crippen molar-refractivity contribution in [2.75, 3.05) is 18.5 Å². The average molecular weight is 236 g/mol. The summed E-state index contributed by atoms with van der Waals surface area (Å²) >= 11 is 0. The van der Waals surface area contributed by atoms with Crippen molar-refractivity contribution in [3.8, 4) is 0 Å². The summed E-state index contributed by atoms with van der Waals surface area (Å²) in [5, 5.41) is 0. The molecule has 17 heavy (non-hydrogen) atoms. The molecule has 0 heterocycles. The molecule has 1 aliphatic rings. The van der Waals surface area contributed by atoms with Gasteiger partial charge in [0.05, 0.1) is 0 Å². The van der Waals surface area contributed by atoms with Crippen molar-refractivity contribution in [1.82, 2.24) is 0 Å². The number of halogens is 1. The monoisotopic (exact) mass is 236 g/mol. The minimum absolute atomic E-state index is 0.135. The van der Waals surface area contributed by atoms with Crippen LogP contribution < -0.4 is 10.6 Å². The quantitative estimate of drug-likeness (QED) is 0.870. The summed E-state index contributed by atoms with van der Waals surface area (Å²) in [6.45, 7) is 2.95. The fourth-order valence-electron chi connectivity index (χ4n) is 2.40. The second-order valence-electron chi connectivity index (χ2n) is 5.17. The van der Waals surface area contributed by atoms with Crippen LogP contribution >= 0.6 is 0 Å². The Bertz CT molecular complexity index is 386. The third-order valence-electron chi connectivity index (χ3n) is 3.65. The van der Waals surface area contributed by atoms with Gasteiger partial charge in [-0.15, -0.1) is 0 Å². The Balaban J connectivity index is 2.17. The molecular weight excluding hydrogens is 215 g/mol. The predicted octanol–water partition coefficient (Wildman–Crippen LogP) is 3.08. The number of hydrogen-bond donors (Lipinski definition) is 1. The van der Waals surface area contributed by atoms with Gasteiger partial charge in [-0.05, 0) is 49.4 Å². The second kappa shape index (κ2) is 5.05. The first-order valence-corrected chi connectivity index (χ1v) is 6.34. The van der Waals surface area contributed by atoms with Crippen molar-refractivity contribution < 1.29 is 4.39 Å². The van der Waals surface area contributed by atoms with E-state index in [4.69, 9.17) is 5.73 Å². The third-order valence-corrected chi connectivity index (χ3v) is 3.65. The van der Waals surface area contributed by atoms with Gasteiger partial charge >= 0.3 is 0 Å². The van der Waals surface area contributed by atoms with Crippen LogP contribution in [-0.4, -0.2) is 13.6 Å². The summed E-state index contributed by atoms with van der Waals surface area (Å²) in [7, 11) is 2.07. The third kappa shape index (κ3) is 2.78. The fourth-order valence-corrected chi connectivity index (χ4v) is 2.40. The molecule has 1 aromatic rings. The average Bonchev–Trinajstić information content (AvgIpc) is 2.23. The minimum atomic E-state index is -0.210. The highest BCUT2D eigenvalue weighted by atomic mass is 19.1. The molecule has 1 aliphatic carbocycles. The van der Waals surface area contributed by atoms with E-state index in [9.17, 15) is 4.39 Å². The van der Waals surface area contributed by atoms with Gasteiger partial charge in [-0.25, -0.2) is 4.39 Å². The number of nitrogens with zero attached hydrogens (tertiary/aromatic N) is 1. The molecule has 0 aromatic heterocycles. The van der Waals surface area contributed by atoms with E-state index >= 15 is 0 Å². The smallest absolute Gasteiger partial charge is 0.123 e. The van der Waals surface area contributed by atoms with Gasteiger partial charge in [-0.3, -0.25) is 0 Å². The van der Waals surface area contributed by atoms with Gasteiger partial charge in [0.2, 0.25) is 0 Å². The number of rotatable bonds is 4. The molecule has 1 aromatic carbocycles. The SMILES string of the molecule is C[C@H](N)c1cc(F)ccc1N(C)CC1CCC1. The maximum atomic E-state index is 13.2. The Labute approximate surface area is 103 Å². The van der Waals surface area contributed by atoms with Crippen LogP contribution in [-0.2, 0) is 0 Å². The largest absolute Gasteiger partial charge is 0.374 e. The minimum Gasteiger partial charge on any atom is -0.374 e. The molecule has 0 spiro atoms. The van der Waals surface area contributed by atoms with Gasteiger partial charge < -0.3 is 10.6 Å². The molecule has 2 N–H and O–H groups in total. The van der Waals surface area contributed by atoms with Crippen molar-refractivity contribution in [2.45, 2.75) is 32.2 Å². The first-order chi connectivity index (χ1) is 8.08. The van der Waals surface area contributed by atoms with Crippen molar-refractivity contribution in [3.05, 3.63) is 29.6 Å². The van der Waals surface area contributed by atoms with Crippen molar-refractivity contribution in [2.24, 2.45) is 11.7 Å². The van der Waals surface area contributed by atoms with E-state index in [1.54, 1.807) is 6.07 Å². The summed E-state index contributed by atoms with van der Waals surface area (Å²) in [5.41, 5.74) is 7.86. The van der Waals surface area contributed by atoms with Gasteiger partial charge in [0.25, 0.3) is 0 Å². The van der Waals surface area contributed by atoms with Crippen LogP contribution in [0.15, 0.2) is 18.2 Å². The first kappa shape index (κ1) is 12.4. The fraction of sp³-hybridized carbons (Fsp3) is 0.571. The molecule has 1 saturated carbocycles. The van der Waals surface area contributed by atoms with E-state index in [2.05, 4.69) is 11.9 Å². The van der Waals surface area contributed by atoms with E-state index in [1.807, 2.05) is 13.0 Å². The van der Waals surface area contributed by atoms with Crippen LogP contribution in [0.4, 0.5) is 10.1 Å². The van der Waals surface area contributed by atoms with Crippen LogP contribution in [0.2, 0.25) is 0 Å². The van der Waals surface area contributed by atoms with Crippen molar-refractivity contribution >= 4 is 5.69 Å². The lowest BCUT2D eigenvalue weighted by Crippen LogP contribution is -2.30. The van der Waals surface area contributed by atoms with Gasteiger partial charge in [0, 0.05) is 25.3 Å². The molecule has 0 aliphatic heterocycles. The van der Waals surface area contributed by atoms with Crippen molar-refractivity contribution in [1.29, 1.82) is 0 Å². The van der Waals surface area contributed by atoms with E-state index < -0.39 is 0 Å². The molecule has 0 unspecified atom stereocenters. The molecule has 3 heteroatoms. The molecule has 1 fully saturated rings. The zero-order valence-corrected chi connectivity index (χ0v) is 10.6. The highest BCUT2D eigenvalue weighted by molar-refractivity contribution is 5.54. The topological polar surface area (TPSA) is 29.3 Å². The van der Waals surface area contributed by atoms with Crippen LogP contribution in [0.3, 0.4) is 0 Å². The lowest BCUT2D eigenvalue weighted by molar-refractivity contribution is 0.321. The lowest BCUT2D eigenvalue weighted by atomic mass is 9.85. The maximum absolute atomic E-state index is 13.2. The normalized spacial score (nSPS) is 17.6. The van der Waals surface area contributed by atoms with E-state index in [1.165, 1.54) is 25.3 Å². The molecule has 1 atom stereocenters. The van der Waals surface area contributed by atoms with E-state index in [0.29, 0.717) is 0 Å². The predicted molar refractivity (Wildman–Crippen MR) is 69.6 cm³/mol. The molecule has 0 amide bonds. The van der Waals surface area contributed by atoms with Gasteiger partial charge in [-0.2, -0.15) is 0 Å². The van der Waals surface area contributed by atoms with Gasteiger partial charge in [0.15, 0.2) is 0 Å². The Morgan fingerprint density at radius 2 is 2.18 bits per heavy atom. The standard InChI is InChI=1S/C14H21FN2/c1-10(16)13-8-12(15)6-7-14(13)17(2)9-11-4-3-5-11/h6-8,10-11H,3-5,9,16H2,1-2H3/t10-/m0/s1. The number of nitrogens with two attached hydrogens (primary N) is 1. The number of benzene rings is 1. The molecule has 94 valence electrons. The molecular formula is C14H21FN2. The molecule has 2 nitrogen and oxygen atoms in total. The lowest BCUT2D eigenvalue weighted by Gasteiger charge is -2.32. The Hall–Kier alpha value is -1.09. The van der Waals surface area contributed by atoms with E-state index in [-0.39, 0.29) is 11.9 Å². The molecule has 0 bridgehead atoms. The first-order valence-electron chi connectivity index (χ1n) is 6.34. The van der Waals surface area contributed by atoms with Crippen molar-refractivity contribution in [3.63, 3.8) is 0 Å². The zero-order chi connectivity index (χ0) is 12.4. The molecule has 0 radical (unpaired) electrons. The highest BCUT2D eigenvalue weighted by Gasteiger charge is 2.20. The number of hydrogen-bond acceptors (Lipinski definition) is 2. The summed E-state index contributed by atoms with van der Waals surface area (Å²) < 4.78 is 13.2. The Morgan fingerprint density at radius 1 is 1.47 bits per heavy atom. The molecule has 2 rings (SSSR count). The van der Waals surface area contributed by atoms with Gasteiger partial charge in [-0.1, -0.05) is 6.42 Å². The Kier molecular flexibility index (Phi) is 3.67. The second-order valence-corrected chi connectivity index (χ2v) is 5.17. The van der Waals surface area contributed by atoms with Crippen LogP contribution in [0, 0.1) is 11.7 Å². The highest BCUT2D eigenvalue weighted by Crippen LogP contribution is 2.31. The maximum Gasteiger partial charge on any atom is 0.123 e. The van der Waals surface area contributed by atoms with E-state index in [0.717, 1.165) is 23.7 Å². The number of anilines is 1.